The maximum absolute atomic E-state index is 12.9. The van der Waals surface area contributed by atoms with E-state index in [-0.39, 0.29) is 35.9 Å². The van der Waals surface area contributed by atoms with Gasteiger partial charge in [0.1, 0.15) is 6.61 Å². The van der Waals surface area contributed by atoms with Crippen LogP contribution >= 0.6 is 0 Å². The molecule has 0 fully saturated rings. The third kappa shape index (κ3) is 4.62. The van der Waals surface area contributed by atoms with Crippen LogP contribution < -0.4 is 10.2 Å². The van der Waals surface area contributed by atoms with E-state index in [1.807, 2.05) is 0 Å². The Morgan fingerprint density at radius 2 is 1.61 bits per heavy atom. The predicted octanol–water partition coefficient (Wildman–Crippen LogP) is 2.29. The molecule has 0 saturated heterocycles. The quantitative estimate of drug-likeness (QED) is 0.397. The third-order valence-corrected chi connectivity index (χ3v) is 4.44. The normalized spacial score (nSPS) is 13.5. The first-order chi connectivity index (χ1) is 14.8. The molecular formula is C22H20N2O7. The highest BCUT2D eigenvalue weighted by Gasteiger charge is 2.40. The number of anilines is 2. The van der Waals surface area contributed by atoms with Crippen LogP contribution in [0.2, 0.25) is 0 Å². The monoisotopic (exact) mass is 424 g/mol. The highest BCUT2D eigenvalue weighted by molar-refractivity contribution is 6.44. The number of rotatable bonds is 7. The number of ether oxygens (including phenoxy) is 2. The molecule has 0 radical (unpaired) electrons. The van der Waals surface area contributed by atoms with Gasteiger partial charge >= 0.3 is 11.9 Å². The van der Waals surface area contributed by atoms with E-state index in [9.17, 15) is 24.3 Å². The second-order valence-corrected chi connectivity index (χ2v) is 6.60. The highest BCUT2D eigenvalue weighted by Crippen LogP contribution is 2.32. The van der Waals surface area contributed by atoms with Gasteiger partial charge in [0, 0.05) is 19.7 Å². The number of carbonyl (C=O) groups is 4. The molecule has 0 bridgehead atoms. The molecule has 0 atom stereocenters. The Morgan fingerprint density at radius 1 is 0.968 bits per heavy atom. The predicted molar refractivity (Wildman–Crippen MR) is 111 cm³/mol. The van der Waals surface area contributed by atoms with Crippen LogP contribution in [0.4, 0.5) is 11.4 Å². The number of amides is 3. The molecule has 3 rings (SSSR count). The first kappa shape index (κ1) is 21.7. The van der Waals surface area contributed by atoms with Crippen LogP contribution in [0.3, 0.4) is 0 Å². The fourth-order valence-electron chi connectivity index (χ4n) is 2.98. The molecule has 160 valence electrons. The molecule has 0 spiro atoms. The number of methoxy groups -OCH3 is 1. The van der Waals surface area contributed by atoms with Crippen molar-refractivity contribution in [2.75, 3.05) is 30.5 Å². The third-order valence-electron chi connectivity index (χ3n) is 4.44. The standard InChI is InChI=1S/C22H20N2O7/c1-13(25)23-16-7-3-14(4-8-16)18-19(26)21(28)24(20(18)27)17-9-5-15(6-10-17)22(29)31-12-11-30-2/h3-10,26H,11-12H2,1-2H3,(H,23,25). The van der Waals surface area contributed by atoms with Gasteiger partial charge in [0.15, 0.2) is 5.76 Å². The SMILES string of the molecule is COCCOC(=O)c1ccc(N2C(=O)C(O)=C(c3ccc(NC(C)=O)cc3)C2=O)cc1. The summed E-state index contributed by atoms with van der Waals surface area (Å²) in [6, 6.07) is 11.8. The summed E-state index contributed by atoms with van der Waals surface area (Å²) in [5.74, 6) is -3.07. The minimum absolute atomic E-state index is 0.0993. The van der Waals surface area contributed by atoms with Gasteiger partial charge in [0.25, 0.3) is 5.91 Å². The molecule has 9 nitrogen and oxygen atoms in total. The number of nitrogens with one attached hydrogen (secondary N) is 1. The summed E-state index contributed by atoms with van der Waals surface area (Å²) in [5, 5.41) is 12.9. The number of benzene rings is 2. The molecule has 1 heterocycles. The molecule has 2 aromatic rings. The van der Waals surface area contributed by atoms with E-state index in [2.05, 4.69) is 5.32 Å². The van der Waals surface area contributed by atoms with Gasteiger partial charge in [-0.05, 0) is 42.0 Å². The van der Waals surface area contributed by atoms with Crippen molar-refractivity contribution >= 4 is 40.6 Å². The summed E-state index contributed by atoms with van der Waals surface area (Å²) in [4.78, 5) is 49.4. The van der Waals surface area contributed by atoms with Crippen LogP contribution in [-0.2, 0) is 23.9 Å². The first-order valence-corrected chi connectivity index (χ1v) is 9.29. The van der Waals surface area contributed by atoms with Crippen LogP contribution in [0.1, 0.15) is 22.8 Å². The molecule has 31 heavy (non-hydrogen) atoms. The van der Waals surface area contributed by atoms with Crippen LogP contribution in [-0.4, -0.2) is 49.1 Å². The lowest BCUT2D eigenvalue weighted by Crippen LogP contribution is -2.31. The van der Waals surface area contributed by atoms with Crippen molar-refractivity contribution in [3.63, 3.8) is 0 Å². The Balaban J connectivity index is 1.79. The van der Waals surface area contributed by atoms with Crippen LogP contribution in [0.25, 0.3) is 5.57 Å². The van der Waals surface area contributed by atoms with E-state index in [1.165, 1.54) is 50.4 Å². The van der Waals surface area contributed by atoms with E-state index in [1.54, 1.807) is 12.1 Å². The summed E-state index contributed by atoms with van der Waals surface area (Å²) >= 11 is 0. The van der Waals surface area contributed by atoms with E-state index >= 15 is 0 Å². The van der Waals surface area contributed by atoms with Crippen molar-refractivity contribution < 1.29 is 33.8 Å². The van der Waals surface area contributed by atoms with Gasteiger partial charge in [-0.3, -0.25) is 14.4 Å². The second kappa shape index (κ2) is 9.23. The average Bonchev–Trinajstić information content (AvgIpc) is 2.97. The average molecular weight is 424 g/mol. The van der Waals surface area contributed by atoms with Crippen LogP contribution in [0.5, 0.6) is 0 Å². The van der Waals surface area contributed by atoms with Gasteiger partial charge in [-0.15, -0.1) is 0 Å². The Bertz CT molecular complexity index is 1060. The molecule has 0 saturated carbocycles. The molecule has 0 aromatic heterocycles. The molecule has 2 N–H and O–H groups in total. The minimum atomic E-state index is -0.874. The van der Waals surface area contributed by atoms with E-state index in [4.69, 9.17) is 9.47 Å². The highest BCUT2D eigenvalue weighted by atomic mass is 16.6. The summed E-state index contributed by atoms with van der Waals surface area (Å²) in [6.45, 7) is 1.73. The van der Waals surface area contributed by atoms with Crippen molar-refractivity contribution in [3.8, 4) is 0 Å². The lowest BCUT2D eigenvalue weighted by Gasteiger charge is -2.15. The molecule has 0 aliphatic carbocycles. The summed E-state index contributed by atoms with van der Waals surface area (Å²) in [5.41, 5.74) is 1.12. The Kier molecular flexibility index (Phi) is 6.46. The van der Waals surface area contributed by atoms with E-state index < -0.39 is 23.5 Å². The van der Waals surface area contributed by atoms with Gasteiger partial charge in [-0.1, -0.05) is 12.1 Å². The van der Waals surface area contributed by atoms with Crippen molar-refractivity contribution in [3.05, 3.63) is 65.4 Å². The summed E-state index contributed by atoms with van der Waals surface area (Å²) in [6.07, 6.45) is 0. The fourth-order valence-corrected chi connectivity index (χ4v) is 2.98. The zero-order valence-electron chi connectivity index (χ0n) is 16.9. The maximum Gasteiger partial charge on any atom is 0.338 e. The maximum atomic E-state index is 12.9. The van der Waals surface area contributed by atoms with Gasteiger partial charge in [-0.2, -0.15) is 0 Å². The van der Waals surface area contributed by atoms with Gasteiger partial charge in [0.2, 0.25) is 5.91 Å². The molecule has 2 aromatic carbocycles. The van der Waals surface area contributed by atoms with E-state index in [0.717, 1.165) is 4.90 Å². The number of nitrogens with zero attached hydrogens (tertiary/aromatic N) is 1. The Labute approximate surface area is 177 Å². The van der Waals surface area contributed by atoms with Gasteiger partial charge in [0.05, 0.1) is 23.4 Å². The lowest BCUT2D eigenvalue weighted by molar-refractivity contribution is -0.121. The van der Waals surface area contributed by atoms with Gasteiger partial charge in [-0.25, -0.2) is 9.69 Å². The van der Waals surface area contributed by atoms with Crippen molar-refractivity contribution in [2.45, 2.75) is 6.92 Å². The minimum Gasteiger partial charge on any atom is -0.502 e. The number of imide groups is 1. The molecule has 0 unspecified atom stereocenters. The molecule has 1 aliphatic heterocycles. The Hall–Kier alpha value is -3.98. The van der Waals surface area contributed by atoms with Crippen molar-refractivity contribution in [1.82, 2.24) is 0 Å². The lowest BCUT2D eigenvalue weighted by atomic mass is 10.0. The first-order valence-electron chi connectivity index (χ1n) is 9.29. The van der Waals surface area contributed by atoms with Crippen LogP contribution in [0, 0.1) is 0 Å². The zero-order valence-corrected chi connectivity index (χ0v) is 16.9. The molecule has 9 heteroatoms. The summed E-state index contributed by atoms with van der Waals surface area (Å²) in [7, 11) is 1.49. The largest absolute Gasteiger partial charge is 0.502 e. The smallest absolute Gasteiger partial charge is 0.338 e. The Morgan fingerprint density at radius 3 is 2.19 bits per heavy atom. The molecular weight excluding hydrogens is 404 g/mol. The van der Waals surface area contributed by atoms with Crippen molar-refractivity contribution in [2.24, 2.45) is 0 Å². The van der Waals surface area contributed by atoms with Gasteiger partial charge < -0.3 is 19.9 Å². The molecule has 3 amide bonds. The topological polar surface area (TPSA) is 122 Å². The number of hydrogen-bond acceptors (Lipinski definition) is 7. The van der Waals surface area contributed by atoms with Crippen LogP contribution in [0.15, 0.2) is 54.3 Å². The second-order valence-electron chi connectivity index (χ2n) is 6.60. The number of hydrogen-bond donors (Lipinski definition) is 2. The van der Waals surface area contributed by atoms with E-state index in [0.29, 0.717) is 11.3 Å². The zero-order chi connectivity index (χ0) is 22.5. The number of carbonyl (C=O) groups excluding carboxylic acids is 4. The van der Waals surface area contributed by atoms with Crippen molar-refractivity contribution in [1.29, 1.82) is 0 Å². The molecule has 1 aliphatic rings. The fraction of sp³-hybridized carbons (Fsp3) is 0.182. The summed E-state index contributed by atoms with van der Waals surface area (Å²) < 4.78 is 9.83. The number of esters is 1. The number of aliphatic hydroxyl groups is 1. The number of aliphatic hydroxyl groups excluding tert-OH is 1.